The first-order valence-electron chi connectivity index (χ1n) is 9.05. The Morgan fingerprint density at radius 2 is 1.59 bits per heavy atom. The number of ether oxygens (including phenoxy) is 1. The maximum absolute atomic E-state index is 14.0. The van der Waals surface area contributed by atoms with Gasteiger partial charge in [0.25, 0.3) is 0 Å². The third-order valence-electron chi connectivity index (χ3n) is 4.00. The molecule has 0 spiro atoms. The van der Waals surface area contributed by atoms with E-state index in [-0.39, 0.29) is 5.75 Å². The molecule has 0 aliphatic rings. The van der Waals surface area contributed by atoms with Crippen molar-refractivity contribution in [3.63, 3.8) is 0 Å². The molecule has 0 N–H and O–H groups in total. The van der Waals surface area contributed by atoms with Gasteiger partial charge in [-0.3, -0.25) is 0 Å². The predicted octanol–water partition coefficient (Wildman–Crippen LogP) is 5.03. The van der Waals surface area contributed by atoms with E-state index >= 15 is 0 Å². The van der Waals surface area contributed by atoms with Crippen molar-refractivity contribution in [3.8, 4) is 29.0 Å². The molecule has 0 atom stereocenters. The summed E-state index contributed by atoms with van der Waals surface area (Å²) >= 11 is 0. The minimum absolute atomic E-state index is 0.265. The first kappa shape index (κ1) is 18.6. The lowest BCUT2D eigenvalue weighted by Gasteiger charge is -2.05. The molecule has 3 rings (SSSR count). The first-order chi connectivity index (χ1) is 13.2. The standard InChI is InChI=1S/C23H21FN2O/c1-3-13-27-22-12-9-19(14-21(22)24)6-5-18-7-10-20(11-8-18)23-25-15-17(4-2)16-26-23/h7-12,14-16H,3-4,13H2,1-2H3. The van der Waals surface area contributed by atoms with Gasteiger partial charge in [0.15, 0.2) is 17.4 Å². The predicted molar refractivity (Wildman–Crippen MR) is 105 cm³/mol. The van der Waals surface area contributed by atoms with Crippen LogP contribution in [0, 0.1) is 17.7 Å². The quantitative estimate of drug-likeness (QED) is 0.598. The Kier molecular flexibility index (Phi) is 6.17. The highest BCUT2D eigenvalue weighted by atomic mass is 19.1. The third-order valence-corrected chi connectivity index (χ3v) is 4.00. The molecular weight excluding hydrogens is 339 g/mol. The van der Waals surface area contributed by atoms with Crippen molar-refractivity contribution in [1.29, 1.82) is 0 Å². The molecule has 3 aromatic rings. The molecule has 0 saturated carbocycles. The largest absolute Gasteiger partial charge is 0.491 e. The smallest absolute Gasteiger partial charge is 0.166 e. The van der Waals surface area contributed by atoms with Crippen LogP contribution >= 0.6 is 0 Å². The average Bonchev–Trinajstić information content (AvgIpc) is 2.72. The molecular formula is C23H21FN2O. The fourth-order valence-corrected chi connectivity index (χ4v) is 2.44. The van der Waals surface area contributed by atoms with E-state index in [0.717, 1.165) is 29.5 Å². The van der Waals surface area contributed by atoms with Gasteiger partial charge in [-0.25, -0.2) is 14.4 Å². The van der Waals surface area contributed by atoms with Crippen LogP contribution in [0.25, 0.3) is 11.4 Å². The van der Waals surface area contributed by atoms with Gasteiger partial charge in [0.2, 0.25) is 0 Å². The van der Waals surface area contributed by atoms with Gasteiger partial charge in [-0.1, -0.05) is 25.7 Å². The van der Waals surface area contributed by atoms with Crippen molar-refractivity contribution >= 4 is 0 Å². The Bertz CT molecular complexity index is 954. The summed E-state index contributed by atoms with van der Waals surface area (Å²) in [4.78, 5) is 8.76. The van der Waals surface area contributed by atoms with E-state index in [9.17, 15) is 4.39 Å². The summed E-state index contributed by atoms with van der Waals surface area (Å²) in [5, 5.41) is 0. The molecule has 4 heteroatoms. The number of halogens is 1. The average molecular weight is 360 g/mol. The van der Waals surface area contributed by atoms with Crippen LogP contribution in [0.2, 0.25) is 0 Å². The third kappa shape index (κ3) is 4.92. The molecule has 0 amide bonds. The van der Waals surface area contributed by atoms with Gasteiger partial charge in [0, 0.05) is 29.1 Å². The molecule has 0 bridgehead atoms. The highest BCUT2D eigenvalue weighted by Gasteiger charge is 2.03. The summed E-state index contributed by atoms with van der Waals surface area (Å²) in [7, 11) is 0. The summed E-state index contributed by atoms with van der Waals surface area (Å²) in [6.07, 6.45) is 5.45. The summed E-state index contributed by atoms with van der Waals surface area (Å²) in [6.45, 7) is 4.55. The molecule has 0 fully saturated rings. The van der Waals surface area contributed by atoms with Gasteiger partial charge in [0.05, 0.1) is 6.61 Å². The van der Waals surface area contributed by atoms with Crippen LogP contribution in [0.15, 0.2) is 54.9 Å². The van der Waals surface area contributed by atoms with Gasteiger partial charge >= 0.3 is 0 Å². The number of hydrogen-bond donors (Lipinski definition) is 0. The van der Waals surface area contributed by atoms with Crippen LogP contribution in [-0.4, -0.2) is 16.6 Å². The highest BCUT2D eigenvalue weighted by molar-refractivity contribution is 5.57. The minimum Gasteiger partial charge on any atom is -0.491 e. The Morgan fingerprint density at radius 1 is 0.926 bits per heavy atom. The topological polar surface area (TPSA) is 35.0 Å². The van der Waals surface area contributed by atoms with Crippen LogP contribution in [0.1, 0.15) is 37.0 Å². The zero-order valence-electron chi connectivity index (χ0n) is 15.5. The normalized spacial score (nSPS) is 10.2. The second-order valence-corrected chi connectivity index (χ2v) is 6.09. The number of hydrogen-bond acceptors (Lipinski definition) is 3. The van der Waals surface area contributed by atoms with Gasteiger partial charge in [0.1, 0.15) is 0 Å². The van der Waals surface area contributed by atoms with Gasteiger partial charge in [-0.05, 0) is 60.9 Å². The van der Waals surface area contributed by atoms with E-state index in [1.54, 1.807) is 12.1 Å². The maximum Gasteiger partial charge on any atom is 0.166 e. The van der Waals surface area contributed by atoms with Crippen LogP contribution in [0.4, 0.5) is 4.39 Å². The SMILES string of the molecule is CCCOc1ccc(C#Cc2ccc(-c3ncc(CC)cn3)cc2)cc1F. The van der Waals surface area contributed by atoms with Crippen molar-refractivity contribution in [3.05, 3.63) is 77.4 Å². The summed E-state index contributed by atoms with van der Waals surface area (Å²) in [6, 6.07) is 12.5. The number of aryl methyl sites for hydroxylation is 1. The highest BCUT2D eigenvalue weighted by Crippen LogP contribution is 2.19. The van der Waals surface area contributed by atoms with Crippen molar-refractivity contribution < 1.29 is 9.13 Å². The van der Waals surface area contributed by atoms with Crippen LogP contribution < -0.4 is 4.74 Å². The van der Waals surface area contributed by atoms with E-state index in [2.05, 4.69) is 28.7 Å². The molecule has 2 aromatic carbocycles. The monoisotopic (exact) mass is 360 g/mol. The van der Waals surface area contributed by atoms with Gasteiger partial charge < -0.3 is 4.74 Å². The van der Waals surface area contributed by atoms with Crippen LogP contribution in [0.5, 0.6) is 5.75 Å². The molecule has 27 heavy (non-hydrogen) atoms. The summed E-state index contributed by atoms with van der Waals surface area (Å²) < 4.78 is 19.3. The van der Waals surface area contributed by atoms with Gasteiger partial charge in [-0.2, -0.15) is 0 Å². The van der Waals surface area contributed by atoms with Crippen LogP contribution in [0.3, 0.4) is 0 Å². The molecule has 0 aliphatic heterocycles. The van der Waals surface area contributed by atoms with Crippen molar-refractivity contribution in [1.82, 2.24) is 9.97 Å². The van der Waals surface area contributed by atoms with Gasteiger partial charge in [-0.15, -0.1) is 0 Å². The fraction of sp³-hybridized carbons (Fsp3) is 0.217. The molecule has 0 radical (unpaired) electrons. The molecule has 0 unspecified atom stereocenters. The fourth-order valence-electron chi connectivity index (χ4n) is 2.44. The van der Waals surface area contributed by atoms with E-state index in [4.69, 9.17) is 4.74 Å². The molecule has 0 aliphatic carbocycles. The summed E-state index contributed by atoms with van der Waals surface area (Å²) in [5.41, 5.74) is 3.50. The zero-order valence-corrected chi connectivity index (χ0v) is 15.5. The molecule has 0 saturated heterocycles. The van der Waals surface area contributed by atoms with Crippen molar-refractivity contribution in [2.75, 3.05) is 6.61 Å². The molecule has 1 heterocycles. The van der Waals surface area contributed by atoms with Crippen molar-refractivity contribution in [2.45, 2.75) is 26.7 Å². The van der Waals surface area contributed by atoms with Crippen molar-refractivity contribution in [2.24, 2.45) is 0 Å². The van der Waals surface area contributed by atoms with E-state index in [0.29, 0.717) is 18.0 Å². The second kappa shape index (κ2) is 8.95. The molecule has 136 valence electrons. The number of nitrogens with zero attached hydrogens (tertiary/aromatic N) is 2. The number of benzene rings is 2. The Hall–Kier alpha value is -3.19. The summed E-state index contributed by atoms with van der Waals surface area (Å²) in [5.74, 6) is 6.60. The number of rotatable bonds is 5. The molecule has 3 nitrogen and oxygen atoms in total. The Labute approximate surface area is 159 Å². The van der Waals surface area contributed by atoms with E-state index in [1.807, 2.05) is 43.6 Å². The zero-order chi connectivity index (χ0) is 19.1. The Balaban J connectivity index is 1.72. The Morgan fingerprint density at radius 3 is 2.22 bits per heavy atom. The molecule has 1 aromatic heterocycles. The lowest BCUT2D eigenvalue weighted by Crippen LogP contribution is -1.97. The second-order valence-electron chi connectivity index (χ2n) is 6.09. The van der Waals surface area contributed by atoms with E-state index < -0.39 is 5.82 Å². The maximum atomic E-state index is 14.0. The van der Waals surface area contributed by atoms with E-state index in [1.165, 1.54) is 6.07 Å². The number of aromatic nitrogens is 2. The van der Waals surface area contributed by atoms with Crippen LogP contribution in [-0.2, 0) is 6.42 Å². The lowest BCUT2D eigenvalue weighted by molar-refractivity contribution is 0.301. The lowest BCUT2D eigenvalue weighted by atomic mass is 10.1. The minimum atomic E-state index is -0.390. The first-order valence-corrected chi connectivity index (χ1v) is 9.05.